The van der Waals surface area contributed by atoms with E-state index >= 15 is 0 Å². The van der Waals surface area contributed by atoms with E-state index < -0.39 is 0 Å². The average molecular weight is 284 g/mol. The quantitative estimate of drug-likeness (QED) is 0.560. The van der Waals surface area contributed by atoms with Crippen LogP contribution in [0.1, 0.15) is 23.1 Å². The van der Waals surface area contributed by atoms with Gasteiger partial charge in [0.1, 0.15) is 5.82 Å². The van der Waals surface area contributed by atoms with Crippen LogP contribution in [0, 0.1) is 6.92 Å². The summed E-state index contributed by atoms with van der Waals surface area (Å²) in [5, 5.41) is 4.29. The summed E-state index contributed by atoms with van der Waals surface area (Å²) in [7, 11) is 3.97. The highest BCUT2D eigenvalue weighted by molar-refractivity contribution is 5.75. The van der Waals surface area contributed by atoms with Crippen molar-refractivity contribution in [1.29, 1.82) is 0 Å². The number of nitrogens with two attached hydrogens (primary N) is 1. The molecule has 6 heteroatoms. The van der Waals surface area contributed by atoms with Crippen LogP contribution in [0.5, 0.6) is 0 Å². The van der Waals surface area contributed by atoms with Gasteiger partial charge in [-0.2, -0.15) is 5.10 Å². The fourth-order valence-electron chi connectivity index (χ4n) is 2.68. The number of rotatable bonds is 4. The first-order valence-corrected chi connectivity index (χ1v) is 6.96. The van der Waals surface area contributed by atoms with Gasteiger partial charge in [-0.25, -0.2) is 4.98 Å². The number of hydrogen-bond acceptors (Lipinski definition) is 4. The maximum atomic E-state index is 5.75. The predicted molar refractivity (Wildman–Crippen MR) is 82.4 cm³/mol. The normalized spacial score (nSPS) is 13.0. The summed E-state index contributed by atoms with van der Waals surface area (Å²) < 4.78 is 3.97. The second-order valence-electron chi connectivity index (χ2n) is 5.31. The Morgan fingerprint density at radius 3 is 2.67 bits per heavy atom. The molecule has 0 amide bonds. The van der Waals surface area contributed by atoms with Crippen LogP contribution in [0.2, 0.25) is 0 Å². The maximum absolute atomic E-state index is 5.75. The lowest BCUT2D eigenvalue weighted by Gasteiger charge is -2.15. The molecule has 2 aromatic heterocycles. The SMILES string of the molecule is Cc1c(C(Cc2nc3ccccc3n2C)NN)cnn1C. The van der Waals surface area contributed by atoms with Gasteiger partial charge in [0, 0.05) is 31.8 Å². The lowest BCUT2D eigenvalue weighted by Crippen LogP contribution is -2.30. The molecular weight excluding hydrogens is 264 g/mol. The average Bonchev–Trinajstić information content (AvgIpc) is 2.99. The Kier molecular flexibility index (Phi) is 3.48. The highest BCUT2D eigenvalue weighted by atomic mass is 15.3. The van der Waals surface area contributed by atoms with E-state index in [0.717, 1.165) is 28.1 Å². The number of aryl methyl sites for hydroxylation is 2. The Balaban J connectivity index is 1.96. The van der Waals surface area contributed by atoms with Crippen molar-refractivity contribution in [3.8, 4) is 0 Å². The molecule has 0 bridgehead atoms. The second kappa shape index (κ2) is 5.31. The van der Waals surface area contributed by atoms with Crippen molar-refractivity contribution in [1.82, 2.24) is 24.8 Å². The third-order valence-electron chi connectivity index (χ3n) is 4.12. The molecule has 6 nitrogen and oxygen atoms in total. The van der Waals surface area contributed by atoms with Crippen molar-refractivity contribution >= 4 is 11.0 Å². The summed E-state index contributed by atoms with van der Waals surface area (Å²) in [6, 6.07) is 8.13. The van der Waals surface area contributed by atoms with Crippen LogP contribution in [-0.2, 0) is 20.5 Å². The molecule has 110 valence electrons. The van der Waals surface area contributed by atoms with E-state index in [2.05, 4.69) is 21.2 Å². The number of benzene rings is 1. The minimum Gasteiger partial charge on any atom is -0.331 e. The number of nitrogens with zero attached hydrogens (tertiary/aromatic N) is 4. The number of fused-ring (bicyclic) bond motifs is 1. The zero-order valence-electron chi connectivity index (χ0n) is 12.5. The van der Waals surface area contributed by atoms with Gasteiger partial charge < -0.3 is 4.57 Å². The molecule has 21 heavy (non-hydrogen) atoms. The number of para-hydroxylation sites is 2. The van der Waals surface area contributed by atoms with Gasteiger partial charge in [0.15, 0.2) is 0 Å². The lowest BCUT2D eigenvalue weighted by atomic mass is 10.1. The van der Waals surface area contributed by atoms with E-state index in [0.29, 0.717) is 6.42 Å². The molecule has 1 unspecified atom stereocenters. The fourth-order valence-corrected chi connectivity index (χ4v) is 2.68. The van der Waals surface area contributed by atoms with Crippen molar-refractivity contribution in [3.63, 3.8) is 0 Å². The fraction of sp³-hybridized carbons (Fsp3) is 0.333. The molecule has 0 aliphatic carbocycles. The summed E-state index contributed by atoms with van der Waals surface area (Å²) in [5.74, 6) is 6.75. The van der Waals surface area contributed by atoms with Crippen LogP contribution < -0.4 is 11.3 Å². The lowest BCUT2D eigenvalue weighted by molar-refractivity contribution is 0.528. The van der Waals surface area contributed by atoms with Crippen molar-refractivity contribution in [2.75, 3.05) is 0 Å². The van der Waals surface area contributed by atoms with Crippen molar-refractivity contribution in [3.05, 3.63) is 47.5 Å². The van der Waals surface area contributed by atoms with E-state index in [9.17, 15) is 0 Å². The molecule has 0 spiro atoms. The summed E-state index contributed by atoms with van der Waals surface area (Å²) in [5.41, 5.74) is 7.24. The summed E-state index contributed by atoms with van der Waals surface area (Å²) in [4.78, 5) is 4.70. The van der Waals surface area contributed by atoms with Crippen LogP contribution in [0.25, 0.3) is 11.0 Å². The van der Waals surface area contributed by atoms with Crippen molar-refractivity contribution in [2.45, 2.75) is 19.4 Å². The molecule has 1 atom stereocenters. The van der Waals surface area contributed by atoms with E-state index in [1.54, 1.807) is 0 Å². The van der Waals surface area contributed by atoms with Gasteiger partial charge >= 0.3 is 0 Å². The first-order valence-electron chi connectivity index (χ1n) is 6.96. The molecular formula is C15H20N6. The molecule has 0 saturated carbocycles. The van der Waals surface area contributed by atoms with Gasteiger partial charge in [-0.15, -0.1) is 0 Å². The van der Waals surface area contributed by atoms with E-state index in [1.165, 1.54) is 0 Å². The Morgan fingerprint density at radius 2 is 2.05 bits per heavy atom. The number of aromatic nitrogens is 4. The van der Waals surface area contributed by atoms with E-state index in [1.807, 2.05) is 50.1 Å². The van der Waals surface area contributed by atoms with Gasteiger partial charge in [-0.05, 0) is 19.1 Å². The van der Waals surface area contributed by atoms with Gasteiger partial charge in [0.05, 0.1) is 23.3 Å². The third-order valence-corrected chi connectivity index (χ3v) is 4.12. The van der Waals surface area contributed by atoms with Gasteiger partial charge in [-0.1, -0.05) is 12.1 Å². The number of imidazole rings is 1. The van der Waals surface area contributed by atoms with E-state index in [-0.39, 0.29) is 6.04 Å². The minimum atomic E-state index is -0.00536. The molecule has 0 radical (unpaired) electrons. The first kappa shape index (κ1) is 13.8. The van der Waals surface area contributed by atoms with Crippen molar-refractivity contribution in [2.24, 2.45) is 19.9 Å². The van der Waals surface area contributed by atoms with Crippen molar-refractivity contribution < 1.29 is 0 Å². The Hall–Kier alpha value is -2.18. The minimum absolute atomic E-state index is 0.00536. The molecule has 1 aromatic carbocycles. The van der Waals surface area contributed by atoms with Crippen LogP contribution in [-0.4, -0.2) is 19.3 Å². The van der Waals surface area contributed by atoms with Gasteiger partial charge in [0.2, 0.25) is 0 Å². The van der Waals surface area contributed by atoms with E-state index in [4.69, 9.17) is 10.8 Å². The molecule has 0 aliphatic rings. The van der Waals surface area contributed by atoms with Crippen LogP contribution in [0.15, 0.2) is 30.5 Å². The number of hydrogen-bond donors (Lipinski definition) is 2. The molecule has 3 rings (SSSR count). The van der Waals surface area contributed by atoms with Crippen LogP contribution in [0.3, 0.4) is 0 Å². The van der Waals surface area contributed by atoms with Crippen LogP contribution in [0.4, 0.5) is 0 Å². The Labute approximate surface area is 123 Å². The summed E-state index contributed by atoms with van der Waals surface area (Å²) >= 11 is 0. The standard InChI is InChI=1S/C15H20N6/c1-10-11(9-17-21(10)3)13(19-16)8-15-18-12-6-4-5-7-14(12)20(15)2/h4-7,9,13,19H,8,16H2,1-3H3. The molecule has 0 fully saturated rings. The zero-order valence-corrected chi connectivity index (χ0v) is 12.5. The smallest absolute Gasteiger partial charge is 0.111 e. The van der Waals surface area contributed by atoms with Crippen LogP contribution >= 0.6 is 0 Å². The molecule has 0 aliphatic heterocycles. The Morgan fingerprint density at radius 1 is 1.29 bits per heavy atom. The molecule has 0 saturated heterocycles. The molecule has 2 heterocycles. The van der Waals surface area contributed by atoms with Gasteiger partial charge in [-0.3, -0.25) is 16.0 Å². The summed E-state index contributed by atoms with van der Waals surface area (Å²) in [6.07, 6.45) is 2.58. The summed E-state index contributed by atoms with van der Waals surface area (Å²) in [6.45, 7) is 2.04. The number of hydrazine groups is 1. The molecule has 3 aromatic rings. The van der Waals surface area contributed by atoms with Gasteiger partial charge in [0.25, 0.3) is 0 Å². The predicted octanol–water partition coefficient (Wildman–Crippen LogP) is 1.36. The monoisotopic (exact) mass is 284 g/mol. The first-order chi connectivity index (χ1) is 10.1. The highest BCUT2D eigenvalue weighted by Gasteiger charge is 2.19. The molecule has 3 N–H and O–H groups in total. The second-order valence-corrected chi connectivity index (χ2v) is 5.31. The highest BCUT2D eigenvalue weighted by Crippen LogP contribution is 2.22. The number of nitrogens with one attached hydrogen (secondary N) is 1. The zero-order chi connectivity index (χ0) is 15.0. The topological polar surface area (TPSA) is 73.7 Å². The maximum Gasteiger partial charge on any atom is 0.111 e. The third kappa shape index (κ3) is 2.32. The Bertz CT molecular complexity index is 770. The largest absolute Gasteiger partial charge is 0.331 e.